The Morgan fingerprint density at radius 3 is 2.41 bits per heavy atom. The van der Waals surface area contributed by atoms with E-state index in [0.717, 1.165) is 6.07 Å². The number of rotatable bonds is 2. The molecule has 5 rings (SSSR count). The number of nitrogens with zero attached hydrogens (tertiary/aromatic N) is 2. The van der Waals surface area contributed by atoms with E-state index in [1.54, 1.807) is 28.9 Å². The fraction of sp³-hybridized carbons (Fsp3) is 0.417. The minimum absolute atomic E-state index is 0.0518. The Labute approximate surface area is 183 Å². The molecule has 168 valence electrons. The van der Waals surface area contributed by atoms with Crippen LogP contribution in [-0.2, 0) is 9.53 Å². The number of carbonyl (C=O) groups excluding carboxylic acids is 2. The van der Waals surface area contributed by atoms with Crippen LogP contribution in [0.4, 0.5) is 13.2 Å². The van der Waals surface area contributed by atoms with Crippen LogP contribution in [0.3, 0.4) is 0 Å². The van der Waals surface area contributed by atoms with Crippen molar-refractivity contribution in [2.45, 2.75) is 50.5 Å². The maximum Gasteiger partial charge on any atom is 0.257 e. The molecule has 3 saturated heterocycles. The highest BCUT2D eigenvalue weighted by atomic mass is 19.1. The Morgan fingerprint density at radius 1 is 1.06 bits per heavy atom. The van der Waals surface area contributed by atoms with E-state index in [-0.39, 0.29) is 24.6 Å². The van der Waals surface area contributed by atoms with Crippen LogP contribution < -0.4 is 0 Å². The SMILES string of the molecule is Cc1cccc(F)c1C(=O)N1CCC2(CC1)O[C@@H]1CC[C@@H](c3cc(F)cc(F)c3)N1C2=O. The summed E-state index contributed by atoms with van der Waals surface area (Å²) in [6, 6.07) is 7.39. The zero-order valence-electron chi connectivity index (χ0n) is 17.6. The van der Waals surface area contributed by atoms with Crippen molar-refractivity contribution in [2.24, 2.45) is 0 Å². The predicted molar refractivity (Wildman–Crippen MR) is 109 cm³/mol. The van der Waals surface area contributed by atoms with E-state index in [9.17, 15) is 22.8 Å². The van der Waals surface area contributed by atoms with Gasteiger partial charge in [0.25, 0.3) is 11.8 Å². The van der Waals surface area contributed by atoms with Crippen LogP contribution in [0.2, 0.25) is 0 Å². The van der Waals surface area contributed by atoms with Gasteiger partial charge in [-0.2, -0.15) is 0 Å². The van der Waals surface area contributed by atoms with Crippen molar-refractivity contribution in [1.82, 2.24) is 9.80 Å². The quantitative estimate of drug-likeness (QED) is 0.701. The highest BCUT2D eigenvalue weighted by molar-refractivity contribution is 5.96. The second-order valence-electron chi connectivity index (χ2n) is 8.80. The maximum absolute atomic E-state index is 14.2. The third-order valence-electron chi connectivity index (χ3n) is 6.88. The molecule has 5 nitrogen and oxygen atoms in total. The summed E-state index contributed by atoms with van der Waals surface area (Å²) < 4.78 is 47.9. The zero-order chi connectivity index (χ0) is 22.6. The van der Waals surface area contributed by atoms with Crippen LogP contribution >= 0.6 is 0 Å². The van der Waals surface area contributed by atoms with Gasteiger partial charge in [0.05, 0.1) is 11.6 Å². The van der Waals surface area contributed by atoms with Gasteiger partial charge in [-0.15, -0.1) is 0 Å². The fourth-order valence-corrected chi connectivity index (χ4v) is 5.27. The summed E-state index contributed by atoms with van der Waals surface area (Å²) >= 11 is 0. The molecule has 0 radical (unpaired) electrons. The number of hydrogen-bond acceptors (Lipinski definition) is 3. The number of carbonyl (C=O) groups is 2. The van der Waals surface area contributed by atoms with E-state index in [1.807, 2.05) is 0 Å². The van der Waals surface area contributed by atoms with Gasteiger partial charge in [0, 0.05) is 32.0 Å². The normalized spacial score (nSPS) is 24.3. The molecule has 3 aliphatic rings. The van der Waals surface area contributed by atoms with Crippen LogP contribution in [0.5, 0.6) is 0 Å². The second-order valence-corrected chi connectivity index (χ2v) is 8.80. The van der Waals surface area contributed by atoms with Crippen LogP contribution in [0, 0.1) is 24.4 Å². The summed E-state index contributed by atoms with van der Waals surface area (Å²) in [4.78, 5) is 29.5. The number of fused-ring (bicyclic) bond motifs is 1. The largest absolute Gasteiger partial charge is 0.342 e. The minimum atomic E-state index is -1.06. The number of piperidine rings is 1. The number of benzene rings is 2. The van der Waals surface area contributed by atoms with E-state index in [4.69, 9.17) is 4.74 Å². The Bertz CT molecular complexity index is 1060. The minimum Gasteiger partial charge on any atom is -0.342 e. The van der Waals surface area contributed by atoms with E-state index < -0.39 is 41.2 Å². The number of likely N-dealkylation sites (tertiary alicyclic amines) is 1. The van der Waals surface area contributed by atoms with Gasteiger partial charge in [0.1, 0.15) is 23.7 Å². The van der Waals surface area contributed by atoms with Crippen molar-refractivity contribution in [2.75, 3.05) is 13.1 Å². The average Bonchev–Trinajstić information content (AvgIpc) is 3.26. The first-order chi connectivity index (χ1) is 15.3. The standard InChI is InChI=1S/C24H23F3N2O3/c1-14-3-2-4-18(27)21(14)22(30)28-9-7-24(8-10-28)23(31)29-19(5-6-20(29)32-24)15-11-16(25)13-17(26)12-15/h2-4,11-13,19-20H,5-10H2,1H3/t19-,20+/m0/s1. The van der Waals surface area contributed by atoms with Crippen molar-refractivity contribution in [3.05, 3.63) is 70.5 Å². The summed E-state index contributed by atoms with van der Waals surface area (Å²) in [5.74, 6) is -2.52. The number of aryl methyl sites for hydroxylation is 1. The van der Waals surface area contributed by atoms with Gasteiger partial charge < -0.3 is 14.5 Å². The molecule has 0 unspecified atom stereocenters. The number of ether oxygens (including phenoxy) is 1. The topological polar surface area (TPSA) is 49.9 Å². The molecule has 3 heterocycles. The Morgan fingerprint density at radius 2 is 1.75 bits per heavy atom. The van der Waals surface area contributed by atoms with Crippen molar-refractivity contribution < 1.29 is 27.5 Å². The smallest absolute Gasteiger partial charge is 0.257 e. The van der Waals surface area contributed by atoms with E-state index in [2.05, 4.69) is 0 Å². The monoisotopic (exact) mass is 444 g/mol. The fourth-order valence-electron chi connectivity index (χ4n) is 5.27. The first-order valence-corrected chi connectivity index (χ1v) is 10.8. The molecule has 0 bridgehead atoms. The van der Waals surface area contributed by atoms with Crippen LogP contribution in [-0.4, -0.2) is 46.5 Å². The number of amides is 2. The first-order valence-electron chi connectivity index (χ1n) is 10.8. The van der Waals surface area contributed by atoms with Gasteiger partial charge in [-0.05, 0) is 49.1 Å². The molecule has 2 aromatic rings. The predicted octanol–water partition coefficient (Wildman–Crippen LogP) is 4.11. The van der Waals surface area contributed by atoms with Gasteiger partial charge in [-0.25, -0.2) is 13.2 Å². The van der Waals surface area contributed by atoms with Crippen LogP contribution in [0.25, 0.3) is 0 Å². The molecule has 1 spiro atoms. The van der Waals surface area contributed by atoms with E-state index in [1.165, 1.54) is 18.2 Å². The van der Waals surface area contributed by atoms with Crippen molar-refractivity contribution in [3.8, 4) is 0 Å². The maximum atomic E-state index is 14.2. The summed E-state index contributed by atoms with van der Waals surface area (Å²) in [5, 5.41) is 0. The highest BCUT2D eigenvalue weighted by Crippen LogP contribution is 2.47. The lowest BCUT2D eigenvalue weighted by molar-refractivity contribution is -0.142. The Balaban J connectivity index is 1.33. The third-order valence-corrected chi connectivity index (χ3v) is 6.88. The third kappa shape index (κ3) is 3.28. The van der Waals surface area contributed by atoms with Gasteiger partial charge in [-0.1, -0.05) is 12.1 Å². The summed E-state index contributed by atoms with van der Waals surface area (Å²) in [5.41, 5.74) is -0.0251. The molecule has 3 fully saturated rings. The van der Waals surface area contributed by atoms with Crippen molar-refractivity contribution in [1.29, 1.82) is 0 Å². The molecule has 2 amide bonds. The summed E-state index contributed by atoms with van der Waals surface area (Å²) in [6.07, 6.45) is 1.28. The zero-order valence-corrected chi connectivity index (χ0v) is 17.6. The molecule has 3 aliphatic heterocycles. The molecule has 0 N–H and O–H groups in total. The molecule has 0 aromatic heterocycles. The Hall–Kier alpha value is -2.87. The molecular formula is C24H23F3N2O3. The van der Waals surface area contributed by atoms with Gasteiger partial charge in [-0.3, -0.25) is 9.59 Å². The van der Waals surface area contributed by atoms with Gasteiger partial charge >= 0.3 is 0 Å². The van der Waals surface area contributed by atoms with Gasteiger partial charge in [0.2, 0.25) is 0 Å². The van der Waals surface area contributed by atoms with E-state index in [0.29, 0.717) is 36.8 Å². The summed E-state index contributed by atoms with van der Waals surface area (Å²) in [6.45, 7) is 2.21. The van der Waals surface area contributed by atoms with E-state index >= 15 is 0 Å². The number of hydrogen-bond donors (Lipinski definition) is 0. The van der Waals surface area contributed by atoms with Crippen LogP contribution in [0.1, 0.15) is 53.2 Å². The second kappa shape index (κ2) is 7.62. The molecule has 2 atom stereocenters. The molecule has 2 aromatic carbocycles. The molecule has 0 saturated carbocycles. The van der Waals surface area contributed by atoms with Crippen molar-refractivity contribution in [3.63, 3.8) is 0 Å². The highest BCUT2D eigenvalue weighted by Gasteiger charge is 2.58. The first kappa shape index (κ1) is 21.0. The number of halogens is 3. The lowest BCUT2D eigenvalue weighted by Crippen LogP contribution is -2.51. The lowest BCUT2D eigenvalue weighted by Gasteiger charge is -2.37. The average molecular weight is 444 g/mol. The molecular weight excluding hydrogens is 421 g/mol. The van der Waals surface area contributed by atoms with Crippen LogP contribution in [0.15, 0.2) is 36.4 Å². The molecule has 0 aliphatic carbocycles. The molecule has 32 heavy (non-hydrogen) atoms. The van der Waals surface area contributed by atoms with Gasteiger partial charge in [0.15, 0.2) is 5.60 Å². The Kier molecular flexibility index (Phi) is 5.00. The lowest BCUT2D eigenvalue weighted by atomic mass is 9.89. The molecule has 8 heteroatoms. The summed E-state index contributed by atoms with van der Waals surface area (Å²) in [7, 11) is 0. The van der Waals surface area contributed by atoms with Crippen molar-refractivity contribution >= 4 is 11.8 Å².